The molecule has 2 heterocycles. The zero-order valence-corrected chi connectivity index (χ0v) is 17.9. The number of hydrogen-bond donors (Lipinski definition) is 0. The van der Waals surface area contributed by atoms with Gasteiger partial charge in [0.1, 0.15) is 18.7 Å². The summed E-state index contributed by atoms with van der Waals surface area (Å²) in [4.78, 5) is 41.9. The molecule has 2 amide bonds. The molecule has 0 spiro atoms. The first-order valence-corrected chi connectivity index (χ1v) is 10.1. The third-order valence-corrected chi connectivity index (χ3v) is 5.62. The molecule has 1 aliphatic rings. The monoisotopic (exact) mass is 481 g/mol. The average Bonchev–Trinajstić information content (AvgIpc) is 3.32. The van der Waals surface area contributed by atoms with Crippen molar-refractivity contribution in [2.45, 2.75) is 19.0 Å². The number of nitrogens with zero attached hydrogens (tertiary/aromatic N) is 5. The van der Waals surface area contributed by atoms with Crippen molar-refractivity contribution in [1.29, 1.82) is 0 Å². The molecule has 4 rings (SSSR count). The number of aromatic nitrogens is 1. The summed E-state index contributed by atoms with van der Waals surface area (Å²) in [6, 6.07) is 12.2. The van der Waals surface area contributed by atoms with E-state index in [-0.39, 0.29) is 12.5 Å². The Bertz CT molecular complexity index is 1250. The van der Waals surface area contributed by atoms with Gasteiger partial charge in [0.05, 0.1) is 5.52 Å². The zero-order chi connectivity index (χ0) is 22.1. The third kappa shape index (κ3) is 3.67. The third-order valence-electron chi connectivity index (χ3n) is 5.13. The van der Waals surface area contributed by atoms with E-state index >= 15 is 0 Å². The van der Waals surface area contributed by atoms with Crippen LogP contribution in [0, 0.1) is 0 Å². The SMILES string of the molecule is CC(=O)n1cc([C@H](N=[N+]=[N-])C(=O)N2C(=O)OC[C@@H]2c2ccccc2)c2ccc(Br)cc21. The van der Waals surface area contributed by atoms with E-state index in [1.165, 1.54) is 17.7 Å². The lowest BCUT2D eigenvalue weighted by Crippen LogP contribution is -2.37. The Morgan fingerprint density at radius 3 is 2.68 bits per heavy atom. The number of ether oxygens (including phenoxy) is 1. The van der Waals surface area contributed by atoms with Gasteiger partial charge in [-0.1, -0.05) is 57.4 Å². The highest BCUT2D eigenvalue weighted by Gasteiger charge is 2.42. The van der Waals surface area contributed by atoms with Crippen LogP contribution in [0.2, 0.25) is 0 Å². The minimum Gasteiger partial charge on any atom is -0.446 e. The number of amides is 2. The van der Waals surface area contributed by atoms with Gasteiger partial charge >= 0.3 is 6.09 Å². The van der Waals surface area contributed by atoms with Crippen LogP contribution in [0.5, 0.6) is 0 Å². The van der Waals surface area contributed by atoms with Gasteiger partial charge in [-0.25, -0.2) is 9.69 Å². The quantitative estimate of drug-likeness (QED) is 0.291. The van der Waals surface area contributed by atoms with Crippen LogP contribution >= 0.6 is 15.9 Å². The van der Waals surface area contributed by atoms with Gasteiger partial charge in [-0.05, 0) is 28.8 Å². The predicted octanol–water partition coefficient (Wildman–Crippen LogP) is 5.14. The molecule has 1 aliphatic heterocycles. The number of benzene rings is 2. The van der Waals surface area contributed by atoms with Crippen molar-refractivity contribution >= 4 is 44.7 Å². The zero-order valence-electron chi connectivity index (χ0n) is 16.3. The van der Waals surface area contributed by atoms with Crippen molar-refractivity contribution in [3.8, 4) is 0 Å². The van der Waals surface area contributed by atoms with Crippen molar-refractivity contribution in [2.24, 2.45) is 5.11 Å². The molecule has 1 fully saturated rings. The van der Waals surface area contributed by atoms with E-state index in [0.29, 0.717) is 16.5 Å². The van der Waals surface area contributed by atoms with E-state index < -0.39 is 24.1 Å². The number of azide groups is 1. The minimum atomic E-state index is -1.36. The molecule has 0 unspecified atom stereocenters. The van der Waals surface area contributed by atoms with E-state index in [2.05, 4.69) is 26.0 Å². The Labute approximate surface area is 184 Å². The van der Waals surface area contributed by atoms with Gasteiger partial charge in [0.2, 0.25) is 11.8 Å². The molecule has 2 aromatic carbocycles. The second-order valence-corrected chi connectivity index (χ2v) is 7.87. The van der Waals surface area contributed by atoms with Crippen molar-refractivity contribution in [2.75, 3.05) is 6.61 Å². The van der Waals surface area contributed by atoms with E-state index in [4.69, 9.17) is 10.3 Å². The number of rotatable bonds is 4. The fourth-order valence-electron chi connectivity index (χ4n) is 3.72. The Morgan fingerprint density at radius 1 is 1.26 bits per heavy atom. The molecule has 1 saturated heterocycles. The number of carbonyl (C=O) groups is 3. The molecule has 0 saturated carbocycles. The topological polar surface area (TPSA) is 117 Å². The number of cyclic esters (lactones) is 1. The van der Waals surface area contributed by atoms with E-state index in [1.54, 1.807) is 42.5 Å². The van der Waals surface area contributed by atoms with Gasteiger partial charge in [-0.2, -0.15) is 0 Å². The number of imide groups is 1. The van der Waals surface area contributed by atoms with E-state index in [0.717, 1.165) is 14.9 Å². The molecule has 0 radical (unpaired) electrons. The van der Waals surface area contributed by atoms with E-state index in [1.807, 2.05) is 6.07 Å². The van der Waals surface area contributed by atoms with Gasteiger partial charge in [0.15, 0.2) is 0 Å². The predicted molar refractivity (Wildman–Crippen MR) is 115 cm³/mol. The molecule has 0 bridgehead atoms. The second kappa shape index (κ2) is 8.25. The molecule has 1 aromatic heterocycles. The Hall–Kier alpha value is -3.62. The smallest absolute Gasteiger partial charge is 0.417 e. The highest BCUT2D eigenvalue weighted by Crippen LogP contribution is 2.36. The van der Waals surface area contributed by atoms with Crippen LogP contribution in [0.1, 0.15) is 34.9 Å². The molecule has 9 nitrogen and oxygen atoms in total. The first-order chi connectivity index (χ1) is 14.9. The van der Waals surface area contributed by atoms with Gasteiger partial charge in [-0.15, -0.1) is 0 Å². The largest absolute Gasteiger partial charge is 0.446 e. The lowest BCUT2D eigenvalue weighted by atomic mass is 10.0. The molecular weight excluding hydrogens is 466 g/mol. The van der Waals surface area contributed by atoms with Crippen LogP contribution in [-0.2, 0) is 9.53 Å². The summed E-state index contributed by atoms with van der Waals surface area (Å²) in [7, 11) is 0. The highest BCUT2D eigenvalue weighted by molar-refractivity contribution is 9.10. The Morgan fingerprint density at radius 2 is 2.00 bits per heavy atom. The Kier molecular flexibility index (Phi) is 5.50. The number of hydrogen-bond acceptors (Lipinski definition) is 5. The maximum absolute atomic E-state index is 13.5. The summed E-state index contributed by atoms with van der Waals surface area (Å²) >= 11 is 3.37. The summed E-state index contributed by atoms with van der Waals surface area (Å²) in [6.45, 7) is 1.39. The van der Waals surface area contributed by atoms with Crippen molar-refractivity contribution in [3.63, 3.8) is 0 Å². The van der Waals surface area contributed by atoms with E-state index in [9.17, 15) is 14.4 Å². The molecular formula is C21H16BrN5O4. The van der Waals surface area contributed by atoms with Crippen LogP contribution in [0.25, 0.3) is 21.3 Å². The van der Waals surface area contributed by atoms with Crippen LogP contribution in [0.4, 0.5) is 4.79 Å². The minimum absolute atomic E-state index is 0.000271. The average molecular weight is 482 g/mol. The molecule has 31 heavy (non-hydrogen) atoms. The fourth-order valence-corrected chi connectivity index (χ4v) is 4.07. The van der Waals surface area contributed by atoms with Crippen LogP contribution in [0.3, 0.4) is 0 Å². The normalized spacial score (nSPS) is 16.6. The van der Waals surface area contributed by atoms with Crippen molar-refractivity contribution < 1.29 is 19.1 Å². The molecule has 156 valence electrons. The summed E-state index contributed by atoms with van der Waals surface area (Å²) in [5.74, 6) is -0.996. The maximum atomic E-state index is 13.5. The Balaban J connectivity index is 1.83. The lowest BCUT2D eigenvalue weighted by Gasteiger charge is -2.22. The second-order valence-electron chi connectivity index (χ2n) is 6.95. The van der Waals surface area contributed by atoms with Gasteiger partial charge in [-0.3, -0.25) is 14.2 Å². The van der Waals surface area contributed by atoms with Crippen LogP contribution in [-0.4, -0.2) is 34.0 Å². The number of carbonyl (C=O) groups excluding carboxylic acids is 3. The number of halogens is 1. The first-order valence-electron chi connectivity index (χ1n) is 9.32. The molecule has 10 heteroatoms. The van der Waals surface area contributed by atoms with Gasteiger partial charge < -0.3 is 4.74 Å². The van der Waals surface area contributed by atoms with Gasteiger partial charge in [0, 0.05) is 27.9 Å². The van der Waals surface area contributed by atoms with Gasteiger partial charge in [0.25, 0.3) is 0 Å². The van der Waals surface area contributed by atoms with Crippen LogP contribution < -0.4 is 0 Å². The molecule has 0 N–H and O–H groups in total. The molecule has 3 aromatic rings. The molecule has 0 aliphatic carbocycles. The summed E-state index contributed by atoms with van der Waals surface area (Å²) < 4.78 is 7.25. The lowest BCUT2D eigenvalue weighted by molar-refractivity contribution is -0.130. The first kappa shape index (κ1) is 20.6. The van der Waals surface area contributed by atoms with Crippen molar-refractivity contribution in [1.82, 2.24) is 9.47 Å². The fraction of sp³-hybridized carbons (Fsp3) is 0.190. The standard InChI is InChI=1S/C21H16BrN5O4/c1-12(28)26-10-16(15-8-7-14(22)9-17(15)26)19(24-25-23)20(29)27-18(11-31-21(27)30)13-5-3-2-4-6-13/h2-10,18-19H,11H2,1H3/t18-,19+/m1/s1. The number of fused-ring (bicyclic) bond motifs is 1. The highest BCUT2D eigenvalue weighted by atomic mass is 79.9. The van der Waals surface area contributed by atoms with Crippen molar-refractivity contribution in [3.05, 3.63) is 80.8 Å². The summed E-state index contributed by atoms with van der Waals surface area (Å²) in [5.41, 5.74) is 10.8. The van der Waals surface area contributed by atoms with Crippen LogP contribution in [0.15, 0.2) is 64.3 Å². The maximum Gasteiger partial charge on any atom is 0.417 e. The summed E-state index contributed by atoms with van der Waals surface area (Å²) in [6.07, 6.45) is 0.658. The summed E-state index contributed by atoms with van der Waals surface area (Å²) in [5, 5.41) is 4.25. The molecule has 2 atom stereocenters.